The van der Waals surface area contributed by atoms with Gasteiger partial charge in [0.1, 0.15) is 5.01 Å². The summed E-state index contributed by atoms with van der Waals surface area (Å²) in [5.41, 5.74) is 0. The number of furan rings is 1. The maximum Gasteiger partial charge on any atom is 0.289 e. The zero-order valence-corrected chi connectivity index (χ0v) is 16.1. The summed E-state index contributed by atoms with van der Waals surface area (Å²) < 4.78 is 5.21. The summed E-state index contributed by atoms with van der Waals surface area (Å²) in [6.45, 7) is 8.38. The normalized spacial score (nSPS) is 15.4. The highest BCUT2D eigenvalue weighted by molar-refractivity contribution is 7.11. The van der Waals surface area contributed by atoms with Gasteiger partial charge in [0.25, 0.3) is 5.91 Å². The fourth-order valence-corrected chi connectivity index (χ4v) is 3.62. The topological polar surface area (TPSA) is 74.0 Å². The Bertz CT molecular complexity index is 733. The third-order valence-corrected chi connectivity index (χ3v) is 5.37. The Morgan fingerprint density at radius 2 is 2.08 bits per heavy atom. The molecule has 2 aromatic heterocycles. The van der Waals surface area contributed by atoms with Gasteiger partial charge in [-0.3, -0.25) is 4.79 Å². The molecule has 8 heteroatoms. The minimum absolute atomic E-state index is 0.0496. The van der Waals surface area contributed by atoms with Crippen molar-refractivity contribution in [1.29, 1.82) is 0 Å². The summed E-state index contributed by atoms with van der Waals surface area (Å²) in [5, 5.41) is 4.38. The van der Waals surface area contributed by atoms with Crippen LogP contribution < -0.4 is 5.32 Å². The van der Waals surface area contributed by atoms with E-state index in [-0.39, 0.29) is 5.91 Å². The second-order valence-electron chi connectivity index (χ2n) is 6.00. The number of nitrogens with zero attached hydrogens (tertiary/aromatic N) is 4. The molecular formula is C18H25N5O2S. The van der Waals surface area contributed by atoms with Crippen LogP contribution in [0.4, 0.5) is 0 Å². The highest BCUT2D eigenvalue weighted by Crippen LogP contribution is 2.15. The number of aromatic nitrogens is 1. The molecule has 0 saturated carbocycles. The molecule has 0 spiro atoms. The SMILES string of the molecule is CCNC(=NCc1ncc(CC)s1)N1CCN(C(=O)c2ccco2)CC1. The first-order chi connectivity index (χ1) is 12.7. The van der Waals surface area contributed by atoms with E-state index in [0.29, 0.717) is 25.4 Å². The Balaban J connectivity index is 1.59. The van der Waals surface area contributed by atoms with Crippen molar-refractivity contribution in [2.45, 2.75) is 26.8 Å². The molecule has 1 amide bonds. The van der Waals surface area contributed by atoms with E-state index >= 15 is 0 Å². The van der Waals surface area contributed by atoms with Crippen molar-refractivity contribution in [2.24, 2.45) is 4.99 Å². The average molecular weight is 375 g/mol. The van der Waals surface area contributed by atoms with Crippen LogP contribution in [0.1, 0.15) is 34.3 Å². The molecule has 3 heterocycles. The van der Waals surface area contributed by atoms with Crippen LogP contribution in [0.2, 0.25) is 0 Å². The lowest BCUT2D eigenvalue weighted by Crippen LogP contribution is -2.53. The van der Waals surface area contributed by atoms with E-state index < -0.39 is 0 Å². The first-order valence-electron chi connectivity index (χ1n) is 9.00. The van der Waals surface area contributed by atoms with Crippen LogP contribution in [0.3, 0.4) is 0 Å². The second kappa shape index (κ2) is 8.84. The smallest absolute Gasteiger partial charge is 0.289 e. The molecular weight excluding hydrogens is 350 g/mol. The van der Waals surface area contributed by atoms with Crippen molar-refractivity contribution >= 4 is 23.2 Å². The standard InChI is InChI=1S/C18H25N5O2S/c1-3-14-12-20-16(26-14)13-21-18(19-4-2)23-9-7-22(8-10-23)17(24)15-6-5-11-25-15/h5-6,11-12H,3-4,7-10,13H2,1-2H3,(H,19,21). The molecule has 7 nitrogen and oxygen atoms in total. The van der Waals surface area contributed by atoms with Crippen LogP contribution in [0.15, 0.2) is 34.0 Å². The molecule has 0 unspecified atom stereocenters. The molecule has 140 valence electrons. The van der Waals surface area contributed by atoms with Crippen LogP contribution in [-0.2, 0) is 13.0 Å². The number of aryl methyl sites for hydroxylation is 1. The Morgan fingerprint density at radius 1 is 1.31 bits per heavy atom. The maximum atomic E-state index is 12.4. The lowest BCUT2D eigenvalue weighted by molar-refractivity contribution is 0.0657. The predicted octanol–water partition coefficient (Wildman–Crippen LogP) is 2.22. The zero-order chi connectivity index (χ0) is 18.4. The molecule has 1 saturated heterocycles. The molecule has 1 N–H and O–H groups in total. The molecule has 26 heavy (non-hydrogen) atoms. The van der Waals surface area contributed by atoms with Gasteiger partial charge in [0.15, 0.2) is 11.7 Å². The highest BCUT2D eigenvalue weighted by atomic mass is 32.1. The quantitative estimate of drug-likeness (QED) is 0.641. The lowest BCUT2D eigenvalue weighted by Gasteiger charge is -2.36. The molecule has 0 atom stereocenters. The van der Waals surface area contributed by atoms with Crippen LogP contribution in [0.5, 0.6) is 0 Å². The van der Waals surface area contributed by atoms with Crippen molar-refractivity contribution in [3.63, 3.8) is 0 Å². The molecule has 1 aliphatic heterocycles. The molecule has 2 aromatic rings. The number of aliphatic imine (C=N–C) groups is 1. The zero-order valence-electron chi connectivity index (χ0n) is 15.3. The number of amides is 1. The van der Waals surface area contributed by atoms with Gasteiger partial charge in [-0.2, -0.15) is 0 Å². The van der Waals surface area contributed by atoms with Crippen molar-refractivity contribution in [3.05, 3.63) is 40.2 Å². The Hall–Kier alpha value is -2.35. The third kappa shape index (κ3) is 4.43. The number of nitrogens with one attached hydrogen (secondary N) is 1. The number of hydrogen-bond acceptors (Lipinski definition) is 5. The monoisotopic (exact) mass is 375 g/mol. The van der Waals surface area contributed by atoms with Crippen molar-refractivity contribution in [2.75, 3.05) is 32.7 Å². The van der Waals surface area contributed by atoms with Crippen molar-refractivity contribution < 1.29 is 9.21 Å². The first kappa shape index (κ1) is 18.4. The van der Waals surface area contributed by atoms with Crippen LogP contribution in [-0.4, -0.2) is 59.4 Å². The number of guanidine groups is 1. The van der Waals surface area contributed by atoms with Gasteiger partial charge in [-0.25, -0.2) is 9.98 Å². The number of hydrogen-bond donors (Lipinski definition) is 1. The summed E-state index contributed by atoms with van der Waals surface area (Å²) in [4.78, 5) is 26.8. The fraction of sp³-hybridized carbons (Fsp3) is 0.500. The first-order valence-corrected chi connectivity index (χ1v) is 9.82. The van der Waals surface area contributed by atoms with Gasteiger partial charge in [-0.1, -0.05) is 6.92 Å². The van der Waals surface area contributed by atoms with Crippen LogP contribution >= 0.6 is 11.3 Å². The Labute approximate surface area is 157 Å². The van der Waals surface area contributed by atoms with E-state index in [1.54, 1.807) is 23.5 Å². The summed E-state index contributed by atoms with van der Waals surface area (Å²) in [6, 6.07) is 3.45. The molecule has 0 bridgehead atoms. The summed E-state index contributed by atoms with van der Waals surface area (Å²) in [6.07, 6.45) is 4.47. The van der Waals surface area contributed by atoms with E-state index in [1.807, 2.05) is 11.1 Å². The average Bonchev–Trinajstić information content (AvgIpc) is 3.36. The van der Waals surface area contributed by atoms with E-state index in [4.69, 9.17) is 9.41 Å². The number of rotatable bonds is 5. The van der Waals surface area contributed by atoms with Gasteiger partial charge in [0, 0.05) is 43.8 Å². The van der Waals surface area contributed by atoms with Crippen LogP contribution in [0, 0.1) is 0 Å². The fourth-order valence-electron chi connectivity index (χ4n) is 2.83. The summed E-state index contributed by atoms with van der Waals surface area (Å²) in [5.74, 6) is 1.23. The van der Waals surface area contributed by atoms with Gasteiger partial charge < -0.3 is 19.5 Å². The van der Waals surface area contributed by atoms with E-state index in [0.717, 1.165) is 37.0 Å². The highest BCUT2D eigenvalue weighted by Gasteiger charge is 2.25. The van der Waals surface area contributed by atoms with E-state index in [1.165, 1.54) is 11.1 Å². The van der Waals surface area contributed by atoms with E-state index in [9.17, 15) is 4.79 Å². The minimum Gasteiger partial charge on any atom is -0.459 e. The molecule has 0 aliphatic carbocycles. The molecule has 1 aliphatic rings. The lowest BCUT2D eigenvalue weighted by atomic mass is 10.3. The predicted molar refractivity (Wildman–Crippen MR) is 102 cm³/mol. The summed E-state index contributed by atoms with van der Waals surface area (Å²) >= 11 is 1.71. The third-order valence-electron chi connectivity index (χ3n) is 4.25. The van der Waals surface area contributed by atoms with Crippen molar-refractivity contribution in [3.8, 4) is 0 Å². The molecule has 1 fully saturated rings. The summed E-state index contributed by atoms with van der Waals surface area (Å²) in [7, 11) is 0. The number of carbonyl (C=O) groups excluding carboxylic acids is 1. The maximum absolute atomic E-state index is 12.4. The van der Waals surface area contributed by atoms with Crippen molar-refractivity contribution in [1.82, 2.24) is 20.1 Å². The van der Waals surface area contributed by atoms with Gasteiger partial charge in [-0.05, 0) is 25.5 Å². The molecule has 3 rings (SSSR count). The van der Waals surface area contributed by atoms with Gasteiger partial charge >= 0.3 is 0 Å². The molecule has 0 aromatic carbocycles. The largest absolute Gasteiger partial charge is 0.459 e. The number of carbonyl (C=O) groups is 1. The van der Waals surface area contributed by atoms with Gasteiger partial charge in [-0.15, -0.1) is 11.3 Å². The minimum atomic E-state index is -0.0496. The number of piperazine rings is 1. The number of thiazole rings is 1. The second-order valence-corrected chi connectivity index (χ2v) is 7.20. The van der Waals surface area contributed by atoms with Crippen LogP contribution in [0.25, 0.3) is 0 Å². The van der Waals surface area contributed by atoms with E-state index in [2.05, 4.69) is 29.0 Å². The molecule has 0 radical (unpaired) electrons. The van der Waals surface area contributed by atoms with Gasteiger partial charge in [0.05, 0.1) is 12.8 Å². The van der Waals surface area contributed by atoms with Gasteiger partial charge in [0.2, 0.25) is 0 Å². The Kier molecular flexibility index (Phi) is 6.27. The Morgan fingerprint density at radius 3 is 2.69 bits per heavy atom.